The van der Waals surface area contributed by atoms with Crippen LogP contribution in [0.15, 0.2) is 103 Å². The quantitative estimate of drug-likeness (QED) is 0.140. The number of anilines is 1. The van der Waals surface area contributed by atoms with Crippen molar-refractivity contribution in [2.75, 3.05) is 11.9 Å². The molecule has 1 aromatic heterocycles. The third-order valence-electron chi connectivity index (χ3n) is 7.19. The summed E-state index contributed by atoms with van der Waals surface area (Å²) < 4.78 is 28.0. The highest BCUT2D eigenvalue weighted by Crippen LogP contribution is 2.30. The predicted molar refractivity (Wildman–Crippen MR) is 173 cm³/mol. The first kappa shape index (κ1) is 30.5. The maximum atomic E-state index is 14.7. The Bertz CT molecular complexity index is 1680. The number of hydrogen-bond acceptors (Lipinski definition) is 5. The van der Waals surface area contributed by atoms with E-state index >= 15 is 0 Å². The molecule has 0 aliphatic heterocycles. The topological polar surface area (TPSA) is 65.4 Å². The molecule has 0 unspecified atom stereocenters. The minimum Gasteiger partial charge on any atom is -0.491 e. The summed E-state index contributed by atoms with van der Waals surface area (Å²) in [5, 5.41) is 8.32. The lowest BCUT2D eigenvalue weighted by Gasteiger charge is -2.17. The van der Waals surface area contributed by atoms with E-state index in [1.165, 1.54) is 6.07 Å². The number of nitrogens with zero attached hydrogens (tertiary/aromatic N) is 2. The second-order valence-corrected chi connectivity index (χ2v) is 10.9. The minimum atomic E-state index is -0.346. The van der Waals surface area contributed by atoms with Gasteiger partial charge in [-0.3, -0.25) is 9.48 Å². The number of rotatable bonds is 13. The van der Waals surface area contributed by atoms with Gasteiger partial charge in [-0.25, -0.2) is 4.39 Å². The lowest BCUT2D eigenvalue weighted by atomic mass is 10.1. The summed E-state index contributed by atoms with van der Waals surface area (Å²) in [6.45, 7) is 7.13. The molecule has 0 saturated heterocycles. The van der Waals surface area contributed by atoms with Crippen molar-refractivity contribution < 1.29 is 18.7 Å². The summed E-state index contributed by atoms with van der Waals surface area (Å²) in [7, 11) is 0. The summed E-state index contributed by atoms with van der Waals surface area (Å²) in [5.41, 5.74) is 7.26. The zero-order chi connectivity index (χ0) is 30.9. The van der Waals surface area contributed by atoms with E-state index in [-0.39, 0.29) is 24.3 Å². The smallest absolute Gasteiger partial charge is 0.306 e. The Balaban J connectivity index is 1.35. The molecule has 5 rings (SSSR count). The van der Waals surface area contributed by atoms with Crippen LogP contribution < -0.4 is 10.1 Å². The highest BCUT2D eigenvalue weighted by molar-refractivity contribution is 5.70. The average molecular weight is 592 g/mol. The summed E-state index contributed by atoms with van der Waals surface area (Å²) >= 11 is 0. The number of aryl methyl sites for hydroxylation is 1. The molecule has 44 heavy (non-hydrogen) atoms. The number of benzene rings is 4. The Morgan fingerprint density at radius 3 is 2.27 bits per heavy atom. The van der Waals surface area contributed by atoms with E-state index in [1.807, 2.05) is 67.1 Å². The fourth-order valence-electron chi connectivity index (χ4n) is 5.03. The maximum absolute atomic E-state index is 14.7. The van der Waals surface area contributed by atoms with Crippen molar-refractivity contribution >= 4 is 11.7 Å². The van der Waals surface area contributed by atoms with Gasteiger partial charge >= 0.3 is 5.97 Å². The molecule has 226 valence electrons. The molecule has 0 atom stereocenters. The summed E-state index contributed by atoms with van der Waals surface area (Å²) in [5.74, 6) is 0.120. The van der Waals surface area contributed by atoms with Crippen LogP contribution in [-0.2, 0) is 29.0 Å². The zero-order valence-corrected chi connectivity index (χ0v) is 25.4. The largest absolute Gasteiger partial charge is 0.491 e. The number of carbonyl (C=O) groups is 1. The Morgan fingerprint density at radius 2 is 1.59 bits per heavy atom. The van der Waals surface area contributed by atoms with Crippen LogP contribution in [0.1, 0.15) is 43.9 Å². The summed E-state index contributed by atoms with van der Waals surface area (Å²) in [4.78, 5) is 11.6. The maximum Gasteiger partial charge on any atom is 0.306 e. The third-order valence-corrected chi connectivity index (χ3v) is 7.19. The Kier molecular flexibility index (Phi) is 10.1. The van der Waals surface area contributed by atoms with Crippen molar-refractivity contribution in [3.05, 3.63) is 126 Å². The van der Waals surface area contributed by atoms with Crippen LogP contribution in [0.4, 0.5) is 10.1 Å². The van der Waals surface area contributed by atoms with Crippen molar-refractivity contribution in [3.8, 4) is 28.3 Å². The standard InChI is InChI=1S/C37H38FN3O3/c1-4-43-37(42)20-18-28-17-19-32(22-33(28)38)39-24-27-15-16-31(36(21-27)44-26(2)3)25-41-35(30-13-9-6-10-14-30)23-34(40-41)29-11-7-5-8-12-29/h5-17,19,21-23,26,39H,4,18,20,24-25H2,1-3H3. The molecule has 0 aliphatic rings. The Labute approximate surface area is 258 Å². The van der Waals surface area contributed by atoms with Gasteiger partial charge in [-0.15, -0.1) is 0 Å². The van der Waals surface area contributed by atoms with Crippen molar-refractivity contribution in [3.63, 3.8) is 0 Å². The number of esters is 1. The molecule has 0 aliphatic carbocycles. The van der Waals surface area contributed by atoms with Crippen LogP contribution >= 0.6 is 0 Å². The van der Waals surface area contributed by atoms with E-state index in [1.54, 1.807) is 13.0 Å². The molecule has 0 bridgehead atoms. The number of halogens is 1. The van der Waals surface area contributed by atoms with E-state index in [0.717, 1.165) is 39.4 Å². The van der Waals surface area contributed by atoms with Gasteiger partial charge in [0.2, 0.25) is 0 Å². The molecule has 6 nitrogen and oxygen atoms in total. The summed E-state index contributed by atoms with van der Waals surface area (Å²) in [6.07, 6.45) is 0.443. The van der Waals surface area contributed by atoms with E-state index < -0.39 is 0 Å². The first-order valence-corrected chi connectivity index (χ1v) is 15.0. The number of aromatic nitrogens is 2. The van der Waals surface area contributed by atoms with Gasteiger partial charge in [0, 0.05) is 29.8 Å². The number of hydrogen-bond donors (Lipinski definition) is 1. The van der Waals surface area contributed by atoms with Crippen molar-refractivity contribution in [2.45, 2.75) is 52.8 Å². The summed E-state index contributed by atoms with van der Waals surface area (Å²) in [6, 6.07) is 33.8. The van der Waals surface area contributed by atoms with E-state index in [0.29, 0.717) is 37.4 Å². The van der Waals surface area contributed by atoms with Crippen LogP contribution in [0.3, 0.4) is 0 Å². The molecule has 1 heterocycles. The lowest BCUT2D eigenvalue weighted by Crippen LogP contribution is -2.11. The molecule has 0 spiro atoms. The number of ether oxygens (including phenoxy) is 2. The highest BCUT2D eigenvalue weighted by Gasteiger charge is 2.15. The number of nitrogens with one attached hydrogen (secondary N) is 1. The van der Waals surface area contributed by atoms with Crippen LogP contribution in [0.2, 0.25) is 0 Å². The predicted octanol–water partition coefficient (Wildman–Crippen LogP) is 8.30. The van der Waals surface area contributed by atoms with Crippen LogP contribution in [-0.4, -0.2) is 28.5 Å². The fourth-order valence-corrected chi connectivity index (χ4v) is 5.03. The molecule has 0 amide bonds. The molecular formula is C37H38FN3O3. The van der Waals surface area contributed by atoms with E-state index in [9.17, 15) is 9.18 Å². The van der Waals surface area contributed by atoms with Crippen LogP contribution in [0, 0.1) is 5.82 Å². The monoisotopic (exact) mass is 591 g/mol. The van der Waals surface area contributed by atoms with Crippen molar-refractivity contribution in [2.24, 2.45) is 0 Å². The van der Waals surface area contributed by atoms with Gasteiger partial charge in [-0.1, -0.05) is 78.9 Å². The van der Waals surface area contributed by atoms with Gasteiger partial charge in [-0.2, -0.15) is 5.10 Å². The second kappa shape index (κ2) is 14.5. The van der Waals surface area contributed by atoms with Crippen LogP contribution in [0.5, 0.6) is 5.75 Å². The first-order valence-electron chi connectivity index (χ1n) is 15.0. The molecular weight excluding hydrogens is 553 g/mol. The third kappa shape index (κ3) is 7.92. The van der Waals surface area contributed by atoms with Gasteiger partial charge in [0.1, 0.15) is 11.6 Å². The minimum absolute atomic E-state index is 0.0145. The van der Waals surface area contributed by atoms with Gasteiger partial charge in [0.05, 0.1) is 30.6 Å². The number of carbonyl (C=O) groups excluding carboxylic acids is 1. The Hall–Kier alpha value is -4.91. The highest BCUT2D eigenvalue weighted by atomic mass is 19.1. The molecule has 1 N–H and O–H groups in total. The SMILES string of the molecule is CCOC(=O)CCc1ccc(NCc2ccc(Cn3nc(-c4ccccc4)cc3-c3ccccc3)c(OC(C)C)c2)cc1F. The van der Waals surface area contributed by atoms with Crippen LogP contribution in [0.25, 0.3) is 22.5 Å². The second-order valence-electron chi connectivity index (χ2n) is 10.9. The zero-order valence-electron chi connectivity index (χ0n) is 25.4. The van der Waals surface area contributed by atoms with Gasteiger partial charge in [0.15, 0.2) is 0 Å². The normalized spacial score (nSPS) is 11.0. The molecule has 0 saturated carbocycles. The van der Waals surface area contributed by atoms with Gasteiger partial charge < -0.3 is 14.8 Å². The molecule has 5 aromatic rings. The molecule has 0 fully saturated rings. The van der Waals surface area contributed by atoms with E-state index in [4.69, 9.17) is 14.6 Å². The fraction of sp³-hybridized carbons (Fsp3) is 0.243. The van der Waals surface area contributed by atoms with Gasteiger partial charge in [0.25, 0.3) is 0 Å². The van der Waals surface area contributed by atoms with Crippen molar-refractivity contribution in [1.29, 1.82) is 0 Å². The van der Waals surface area contributed by atoms with E-state index in [2.05, 4.69) is 47.8 Å². The molecule has 0 radical (unpaired) electrons. The first-order chi connectivity index (χ1) is 21.4. The Morgan fingerprint density at radius 1 is 0.886 bits per heavy atom. The average Bonchev–Trinajstić information content (AvgIpc) is 3.45. The van der Waals surface area contributed by atoms with Crippen molar-refractivity contribution in [1.82, 2.24) is 9.78 Å². The molecule has 4 aromatic carbocycles. The molecule has 7 heteroatoms. The van der Waals surface area contributed by atoms with Gasteiger partial charge in [-0.05, 0) is 68.1 Å². The lowest BCUT2D eigenvalue weighted by molar-refractivity contribution is -0.143.